The number of hydrogen-bond donors (Lipinski definition) is 1. The monoisotopic (exact) mass is 290 g/mol. The quantitative estimate of drug-likeness (QED) is 0.901. The molecule has 1 fully saturated rings. The Kier molecular flexibility index (Phi) is 5.80. The van der Waals surface area contributed by atoms with Gasteiger partial charge in [-0.05, 0) is 44.7 Å². The highest BCUT2D eigenvalue weighted by molar-refractivity contribution is 5.27. The molecule has 2 rings (SSSR count). The Morgan fingerprint density at radius 2 is 1.76 bits per heavy atom. The Hall–Kier alpha value is -0.900. The molecule has 1 aromatic carbocycles. The molecule has 1 N–H and O–H groups in total. The third-order valence-corrected chi connectivity index (χ3v) is 4.19. The van der Waals surface area contributed by atoms with Gasteiger partial charge >= 0.3 is 0 Å². The molecule has 0 atom stereocenters. The van der Waals surface area contributed by atoms with Gasteiger partial charge in [0, 0.05) is 38.8 Å². The summed E-state index contributed by atoms with van der Waals surface area (Å²) >= 11 is 0. The minimum Gasteiger partial charge on any atom is -0.381 e. The summed E-state index contributed by atoms with van der Waals surface area (Å²) in [7, 11) is 1.83. The maximum Gasteiger partial charge on any atom is 0.0595 e. The minimum absolute atomic E-state index is 0.157. The van der Waals surface area contributed by atoms with Gasteiger partial charge in [0.2, 0.25) is 0 Å². The largest absolute Gasteiger partial charge is 0.381 e. The highest BCUT2D eigenvalue weighted by Gasteiger charge is 2.19. The maximum atomic E-state index is 5.45. The first-order valence-corrected chi connectivity index (χ1v) is 8.05. The first-order valence-electron chi connectivity index (χ1n) is 8.05. The normalized spacial score (nSPS) is 18.1. The fourth-order valence-electron chi connectivity index (χ4n) is 2.79. The Labute approximate surface area is 129 Å². The van der Waals surface area contributed by atoms with Crippen LogP contribution >= 0.6 is 0 Å². The molecule has 1 saturated heterocycles. The molecule has 0 bridgehead atoms. The standard InChI is InChI=1S/C18H30N2O/c1-18(2,3)19-13-15-7-5-6-8-16(15)14-20-11-9-17(21-4)10-12-20/h5-8,17,19H,9-14H2,1-4H3. The lowest BCUT2D eigenvalue weighted by atomic mass is 10.0. The van der Waals surface area contributed by atoms with Crippen molar-refractivity contribution in [1.29, 1.82) is 0 Å². The van der Waals surface area contributed by atoms with Crippen LogP contribution in [0, 0.1) is 0 Å². The molecule has 1 aromatic rings. The number of methoxy groups -OCH3 is 1. The Bertz CT molecular complexity index is 431. The fourth-order valence-corrected chi connectivity index (χ4v) is 2.79. The summed E-state index contributed by atoms with van der Waals surface area (Å²) in [4.78, 5) is 2.55. The van der Waals surface area contributed by atoms with Crippen molar-refractivity contribution in [2.24, 2.45) is 0 Å². The van der Waals surface area contributed by atoms with Crippen LogP contribution in [0.5, 0.6) is 0 Å². The molecule has 0 unspecified atom stereocenters. The van der Waals surface area contributed by atoms with Gasteiger partial charge in [0.1, 0.15) is 0 Å². The number of rotatable bonds is 5. The SMILES string of the molecule is COC1CCN(Cc2ccccc2CNC(C)(C)C)CC1. The Morgan fingerprint density at radius 1 is 1.14 bits per heavy atom. The first kappa shape index (κ1) is 16.5. The van der Waals surface area contributed by atoms with Crippen LogP contribution in [-0.2, 0) is 17.8 Å². The molecule has 1 aliphatic heterocycles. The highest BCUT2D eigenvalue weighted by Crippen LogP contribution is 2.18. The summed E-state index contributed by atoms with van der Waals surface area (Å²) in [5.41, 5.74) is 3.02. The second kappa shape index (κ2) is 7.39. The zero-order valence-electron chi connectivity index (χ0n) is 14.0. The van der Waals surface area contributed by atoms with E-state index in [4.69, 9.17) is 4.74 Å². The van der Waals surface area contributed by atoms with Crippen molar-refractivity contribution in [3.05, 3.63) is 35.4 Å². The average Bonchev–Trinajstić information content (AvgIpc) is 2.46. The molecule has 1 heterocycles. The summed E-state index contributed by atoms with van der Waals surface area (Å²) in [5, 5.41) is 3.59. The van der Waals surface area contributed by atoms with E-state index in [0.29, 0.717) is 6.10 Å². The first-order chi connectivity index (χ1) is 9.98. The number of ether oxygens (including phenoxy) is 1. The van der Waals surface area contributed by atoms with Gasteiger partial charge in [-0.3, -0.25) is 4.90 Å². The molecule has 21 heavy (non-hydrogen) atoms. The van der Waals surface area contributed by atoms with Crippen LogP contribution in [0.15, 0.2) is 24.3 Å². The van der Waals surface area contributed by atoms with Gasteiger partial charge < -0.3 is 10.1 Å². The van der Waals surface area contributed by atoms with E-state index in [1.165, 1.54) is 11.1 Å². The molecular formula is C18H30N2O. The molecule has 0 amide bonds. The fraction of sp³-hybridized carbons (Fsp3) is 0.667. The van der Waals surface area contributed by atoms with Gasteiger partial charge in [-0.25, -0.2) is 0 Å². The lowest BCUT2D eigenvalue weighted by molar-refractivity contribution is 0.0388. The van der Waals surface area contributed by atoms with Crippen molar-refractivity contribution in [3.63, 3.8) is 0 Å². The van der Waals surface area contributed by atoms with Crippen molar-refractivity contribution < 1.29 is 4.74 Å². The summed E-state index contributed by atoms with van der Waals surface area (Å²) in [6, 6.07) is 8.80. The average molecular weight is 290 g/mol. The lowest BCUT2D eigenvalue weighted by Crippen LogP contribution is -2.37. The number of benzene rings is 1. The number of piperidine rings is 1. The molecule has 0 spiro atoms. The summed E-state index contributed by atoms with van der Waals surface area (Å²) in [5.74, 6) is 0. The second-order valence-corrected chi connectivity index (χ2v) is 7.08. The zero-order valence-corrected chi connectivity index (χ0v) is 14.0. The Morgan fingerprint density at radius 3 is 2.33 bits per heavy atom. The molecule has 0 aromatic heterocycles. The van der Waals surface area contributed by atoms with E-state index in [0.717, 1.165) is 39.0 Å². The molecule has 1 aliphatic rings. The summed E-state index contributed by atoms with van der Waals surface area (Å²) in [6.45, 7) is 10.9. The molecule has 0 aliphatic carbocycles. The maximum absolute atomic E-state index is 5.45. The predicted molar refractivity (Wildman–Crippen MR) is 88.3 cm³/mol. The molecule has 3 heteroatoms. The van der Waals surface area contributed by atoms with Crippen molar-refractivity contribution >= 4 is 0 Å². The van der Waals surface area contributed by atoms with E-state index in [1.807, 2.05) is 7.11 Å². The van der Waals surface area contributed by atoms with Crippen LogP contribution in [0.4, 0.5) is 0 Å². The van der Waals surface area contributed by atoms with E-state index in [-0.39, 0.29) is 5.54 Å². The Balaban J connectivity index is 1.94. The molecule has 118 valence electrons. The van der Waals surface area contributed by atoms with E-state index < -0.39 is 0 Å². The molecule has 0 radical (unpaired) electrons. The van der Waals surface area contributed by atoms with Crippen molar-refractivity contribution in [2.75, 3.05) is 20.2 Å². The van der Waals surface area contributed by atoms with Gasteiger partial charge in [-0.2, -0.15) is 0 Å². The van der Waals surface area contributed by atoms with Crippen LogP contribution in [0.3, 0.4) is 0 Å². The van der Waals surface area contributed by atoms with Crippen LogP contribution in [0.2, 0.25) is 0 Å². The van der Waals surface area contributed by atoms with Crippen molar-refractivity contribution in [2.45, 2.75) is 58.3 Å². The van der Waals surface area contributed by atoms with E-state index in [1.54, 1.807) is 0 Å². The van der Waals surface area contributed by atoms with Gasteiger partial charge in [-0.15, -0.1) is 0 Å². The minimum atomic E-state index is 0.157. The number of nitrogens with one attached hydrogen (secondary N) is 1. The number of nitrogens with zero attached hydrogens (tertiary/aromatic N) is 1. The summed E-state index contributed by atoms with van der Waals surface area (Å²) < 4.78 is 5.45. The molecule has 3 nitrogen and oxygen atoms in total. The third kappa shape index (κ3) is 5.42. The van der Waals surface area contributed by atoms with Crippen LogP contribution < -0.4 is 5.32 Å². The van der Waals surface area contributed by atoms with E-state index in [9.17, 15) is 0 Å². The zero-order chi connectivity index (χ0) is 15.3. The smallest absolute Gasteiger partial charge is 0.0595 e. The van der Waals surface area contributed by atoms with Gasteiger partial charge in [0.05, 0.1) is 6.10 Å². The van der Waals surface area contributed by atoms with Gasteiger partial charge in [0.25, 0.3) is 0 Å². The van der Waals surface area contributed by atoms with Crippen LogP contribution in [-0.4, -0.2) is 36.7 Å². The van der Waals surface area contributed by atoms with Gasteiger partial charge in [0.15, 0.2) is 0 Å². The highest BCUT2D eigenvalue weighted by atomic mass is 16.5. The van der Waals surface area contributed by atoms with E-state index >= 15 is 0 Å². The van der Waals surface area contributed by atoms with E-state index in [2.05, 4.69) is 55.3 Å². The topological polar surface area (TPSA) is 24.5 Å². The molecular weight excluding hydrogens is 260 g/mol. The van der Waals surface area contributed by atoms with Crippen molar-refractivity contribution in [1.82, 2.24) is 10.2 Å². The van der Waals surface area contributed by atoms with Crippen LogP contribution in [0.1, 0.15) is 44.7 Å². The predicted octanol–water partition coefficient (Wildman–Crippen LogP) is 3.19. The lowest BCUT2D eigenvalue weighted by Gasteiger charge is -2.32. The third-order valence-electron chi connectivity index (χ3n) is 4.19. The van der Waals surface area contributed by atoms with Gasteiger partial charge in [-0.1, -0.05) is 24.3 Å². The molecule has 0 saturated carbocycles. The number of likely N-dealkylation sites (tertiary alicyclic amines) is 1. The number of hydrogen-bond acceptors (Lipinski definition) is 3. The summed E-state index contributed by atoms with van der Waals surface area (Å²) in [6.07, 6.45) is 2.76. The van der Waals surface area contributed by atoms with Crippen molar-refractivity contribution in [3.8, 4) is 0 Å². The van der Waals surface area contributed by atoms with Crippen LogP contribution in [0.25, 0.3) is 0 Å². The second-order valence-electron chi connectivity index (χ2n) is 7.08.